The lowest BCUT2D eigenvalue weighted by atomic mass is 10.1. The van der Waals surface area contributed by atoms with Gasteiger partial charge in [0, 0.05) is 6.61 Å². The Hall–Kier alpha value is -1.02. The van der Waals surface area contributed by atoms with Crippen molar-refractivity contribution in [1.29, 1.82) is 0 Å². The largest absolute Gasteiger partial charge is 0.497 e. The summed E-state index contributed by atoms with van der Waals surface area (Å²) in [4.78, 5) is 0. The average molecular weight is 180 g/mol. The molecule has 0 spiro atoms. The number of methoxy groups -OCH3 is 1. The highest BCUT2D eigenvalue weighted by molar-refractivity contribution is 5.34. The van der Waals surface area contributed by atoms with Gasteiger partial charge in [0.25, 0.3) is 0 Å². The number of aliphatic hydroxyl groups excluding tert-OH is 1. The van der Waals surface area contributed by atoms with Gasteiger partial charge in [-0.3, -0.25) is 0 Å². The monoisotopic (exact) mass is 180 g/mol. The Balaban J connectivity index is 2.93. The molecule has 0 aromatic heterocycles. The van der Waals surface area contributed by atoms with E-state index in [1.54, 1.807) is 7.11 Å². The highest BCUT2D eigenvalue weighted by Crippen LogP contribution is 2.17. The molecule has 2 heteroatoms. The molecule has 0 aliphatic heterocycles. The maximum Gasteiger partial charge on any atom is 0.119 e. The Bertz CT molecular complexity index is 247. The van der Waals surface area contributed by atoms with E-state index in [1.807, 2.05) is 12.1 Å². The Morgan fingerprint density at radius 3 is 2.46 bits per heavy atom. The zero-order valence-electron chi connectivity index (χ0n) is 8.21. The molecule has 0 amide bonds. The van der Waals surface area contributed by atoms with Crippen molar-refractivity contribution in [2.45, 2.75) is 19.8 Å². The van der Waals surface area contributed by atoms with Gasteiger partial charge in [0.05, 0.1) is 7.11 Å². The molecule has 1 aromatic rings. The van der Waals surface area contributed by atoms with Crippen LogP contribution in [-0.2, 0) is 12.8 Å². The molecule has 0 unspecified atom stereocenters. The lowest BCUT2D eigenvalue weighted by molar-refractivity contribution is 0.299. The standard InChI is InChI=1S/C11H16O2/c1-3-9-6-10(4-5-12)8-11(7-9)13-2/h6-8,12H,3-5H2,1-2H3. The van der Waals surface area contributed by atoms with Gasteiger partial charge in [-0.1, -0.05) is 13.0 Å². The van der Waals surface area contributed by atoms with Crippen LogP contribution >= 0.6 is 0 Å². The maximum absolute atomic E-state index is 8.81. The van der Waals surface area contributed by atoms with Crippen molar-refractivity contribution >= 4 is 0 Å². The average Bonchev–Trinajstić information content (AvgIpc) is 2.17. The highest BCUT2D eigenvalue weighted by Gasteiger charge is 1.99. The third-order valence-corrected chi connectivity index (χ3v) is 2.07. The molecule has 0 fully saturated rings. The summed E-state index contributed by atoms with van der Waals surface area (Å²) >= 11 is 0. The first kappa shape index (κ1) is 10.1. The van der Waals surface area contributed by atoms with E-state index in [-0.39, 0.29) is 6.61 Å². The van der Waals surface area contributed by atoms with Gasteiger partial charge < -0.3 is 9.84 Å². The summed E-state index contributed by atoms with van der Waals surface area (Å²) in [7, 11) is 1.66. The number of aliphatic hydroxyl groups is 1. The Morgan fingerprint density at radius 1 is 1.23 bits per heavy atom. The second-order valence-corrected chi connectivity index (χ2v) is 3.02. The predicted octanol–water partition coefficient (Wildman–Crippen LogP) is 1.79. The lowest BCUT2D eigenvalue weighted by Gasteiger charge is -2.06. The number of ether oxygens (including phenoxy) is 1. The first-order chi connectivity index (χ1) is 6.30. The van der Waals surface area contributed by atoms with E-state index in [0.717, 1.165) is 17.7 Å². The number of aryl methyl sites for hydroxylation is 1. The van der Waals surface area contributed by atoms with Gasteiger partial charge in [-0.05, 0) is 36.1 Å². The molecule has 0 radical (unpaired) electrons. The molecule has 0 atom stereocenters. The molecule has 0 aliphatic carbocycles. The summed E-state index contributed by atoms with van der Waals surface area (Å²) in [5, 5.41) is 8.81. The van der Waals surface area contributed by atoms with Crippen molar-refractivity contribution < 1.29 is 9.84 Å². The molecule has 0 aliphatic rings. The molecule has 1 aromatic carbocycles. The smallest absolute Gasteiger partial charge is 0.119 e. The van der Waals surface area contributed by atoms with Gasteiger partial charge in [-0.25, -0.2) is 0 Å². The van der Waals surface area contributed by atoms with Crippen LogP contribution in [-0.4, -0.2) is 18.8 Å². The third kappa shape index (κ3) is 2.74. The zero-order chi connectivity index (χ0) is 9.68. The fraction of sp³-hybridized carbons (Fsp3) is 0.455. The summed E-state index contributed by atoms with van der Waals surface area (Å²) in [5.41, 5.74) is 2.39. The number of hydrogen-bond donors (Lipinski definition) is 1. The van der Waals surface area contributed by atoms with Crippen LogP contribution in [0.5, 0.6) is 5.75 Å². The second kappa shape index (κ2) is 4.87. The van der Waals surface area contributed by atoms with Crippen molar-refractivity contribution in [3.05, 3.63) is 29.3 Å². The minimum Gasteiger partial charge on any atom is -0.497 e. The van der Waals surface area contributed by atoms with E-state index in [1.165, 1.54) is 5.56 Å². The highest BCUT2D eigenvalue weighted by atomic mass is 16.5. The molecule has 0 heterocycles. The molecule has 0 saturated carbocycles. The van der Waals surface area contributed by atoms with Crippen molar-refractivity contribution in [1.82, 2.24) is 0 Å². The van der Waals surface area contributed by atoms with Gasteiger partial charge in [0.1, 0.15) is 5.75 Å². The number of rotatable bonds is 4. The van der Waals surface area contributed by atoms with Gasteiger partial charge >= 0.3 is 0 Å². The predicted molar refractivity (Wildman–Crippen MR) is 53.2 cm³/mol. The number of hydrogen-bond acceptors (Lipinski definition) is 2. The molecule has 0 saturated heterocycles. The normalized spacial score (nSPS) is 10.1. The first-order valence-corrected chi connectivity index (χ1v) is 4.57. The molecular weight excluding hydrogens is 164 g/mol. The Morgan fingerprint density at radius 2 is 1.92 bits per heavy atom. The minimum atomic E-state index is 0.191. The quantitative estimate of drug-likeness (QED) is 0.765. The van der Waals surface area contributed by atoms with E-state index in [2.05, 4.69) is 13.0 Å². The van der Waals surface area contributed by atoms with Gasteiger partial charge in [-0.15, -0.1) is 0 Å². The van der Waals surface area contributed by atoms with Crippen LogP contribution in [0.4, 0.5) is 0 Å². The van der Waals surface area contributed by atoms with Crippen LogP contribution in [0.2, 0.25) is 0 Å². The van der Waals surface area contributed by atoms with E-state index in [4.69, 9.17) is 9.84 Å². The lowest BCUT2D eigenvalue weighted by Crippen LogP contribution is -1.94. The first-order valence-electron chi connectivity index (χ1n) is 4.57. The number of benzene rings is 1. The van der Waals surface area contributed by atoms with Crippen molar-refractivity contribution in [3.8, 4) is 5.75 Å². The van der Waals surface area contributed by atoms with Crippen LogP contribution in [0.25, 0.3) is 0 Å². The van der Waals surface area contributed by atoms with Gasteiger partial charge in [0.15, 0.2) is 0 Å². The maximum atomic E-state index is 8.81. The molecule has 1 rings (SSSR count). The Labute approximate surface area is 79.2 Å². The summed E-state index contributed by atoms with van der Waals surface area (Å²) in [6.07, 6.45) is 1.69. The van der Waals surface area contributed by atoms with E-state index >= 15 is 0 Å². The van der Waals surface area contributed by atoms with Crippen LogP contribution < -0.4 is 4.74 Å². The topological polar surface area (TPSA) is 29.5 Å². The van der Waals surface area contributed by atoms with E-state index in [0.29, 0.717) is 6.42 Å². The van der Waals surface area contributed by atoms with E-state index in [9.17, 15) is 0 Å². The van der Waals surface area contributed by atoms with Crippen LogP contribution in [0.3, 0.4) is 0 Å². The van der Waals surface area contributed by atoms with Crippen LogP contribution in [0, 0.1) is 0 Å². The van der Waals surface area contributed by atoms with Crippen LogP contribution in [0.1, 0.15) is 18.1 Å². The summed E-state index contributed by atoms with van der Waals surface area (Å²) in [5.74, 6) is 0.878. The second-order valence-electron chi connectivity index (χ2n) is 3.02. The summed E-state index contributed by atoms with van der Waals surface area (Å²) < 4.78 is 5.16. The van der Waals surface area contributed by atoms with Crippen molar-refractivity contribution in [3.63, 3.8) is 0 Å². The third-order valence-electron chi connectivity index (χ3n) is 2.07. The molecule has 0 bridgehead atoms. The zero-order valence-corrected chi connectivity index (χ0v) is 8.21. The molecular formula is C11H16O2. The van der Waals surface area contributed by atoms with Gasteiger partial charge in [-0.2, -0.15) is 0 Å². The molecule has 2 nitrogen and oxygen atoms in total. The fourth-order valence-corrected chi connectivity index (χ4v) is 1.32. The molecule has 13 heavy (non-hydrogen) atoms. The summed E-state index contributed by atoms with van der Waals surface area (Å²) in [6.45, 7) is 2.30. The van der Waals surface area contributed by atoms with Crippen molar-refractivity contribution in [2.24, 2.45) is 0 Å². The molecule has 1 N–H and O–H groups in total. The van der Waals surface area contributed by atoms with Gasteiger partial charge in [0.2, 0.25) is 0 Å². The Kier molecular flexibility index (Phi) is 3.77. The van der Waals surface area contributed by atoms with Crippen molar-refractivity contribution in [2.75, 3.05) is 13.7 Å². The summed E-state index contributed by atoms with van der Waals surface area (Å²) in [6, 6.07) is 6.11. The SMILES string of the molecule is CCc1cc(CCO)cc(OC)c1. The van der Waals surface area contributed by atoms with Crippen LogP contribution in [0.15, 0.2) is 18.2 Å². The minimum absolute atomic E-state index is 0.191. The molecule has 72 valence electrons. The fourth-order valence-electron chi connectivity index (χ4n) is 1.32. The van der Waals surface area contributed by atoms with E-state index < -0.39 is 0 Å².